The summed E-state index contributed by atoms with van der Waals surface area (Å²) in [5, 5.41) is 8.61. The molecule has 0 spiro atoms. The fraction of sp³-hybridized carbons (Fsp3) is 0.154. The van der Waals surface area contributed by atoms with Gasteiger partial charge in [0.05, 0.1) is 6.61 Å². The molecule has 0 aliphatic heterocycles. The van der Waals surface area contributed by atoms with Gasteiger partial charge < -0.3 is 14.3 Å². The predicted octanol–water partition coefficient (Wildman–Crippen LogP) is 2.10. The minimum Gasteiger partial charge on any atom is -0.478 e. The minimum absolute atomic E-state index is 0.145. The highest BCUT2D eigenvalue weighted by atomic mass is 16.5. The van der Waals surface area contributed by atoms with Crippen LogP contribution < -0.4 is 0 Å². The van der Waals surface area contributed by atoms with Crippen LogP contribution in [0.5, 0.6) is 0 Å². The lowest BCUT2D eigenvalue weighted by Gasteiger charge is -1.94. The van der Waals surface area contributed by atoms with Gasteiger partial charge in [0.15, 0.2) is 5.58 Å². The number of hydrogen-bond acceptors (Lipinski definition) is 5. The van der Waals surface area contributed by atoms with Gasteiger partial charge in [0.2, 0.25) is 0 Å². The second-order valence-electron chi connectivity index (χ2n) is 3.61. The van der Waals surface area contributed by atoms with Gasteiger partial charge in [-0.05, 0) is 19.1 Å². The van der Waals surface area contributed by atoms with Crippen LogP contribution in [0, 0.1) is 0 Å². The van der Waals surface area contributed by atoms with E-state index in [-0.39, 0.29) is 12.5 Å². The number of carboxylic acid groups (broad SMARTS) is 1. The molecule has 0 aliphatic rings. The molecule has 6 heteroatoms. The van der Waals surface area contributed by atoms with Crippen molar-refractivity contribution in [1.82, 2.24) is 4.98 Å². The lowest BCUT2D eigenvalue weighted by Crippen LogP contribution is -2.04. The second-order valence-corrected chi connectivity index (χ2v) is 3.61. The summed E-state index contributed by atoms with van der Waals surface area (Å²) in [6.45, 7) is 1.91. The van der Waals surface area contributed by atoms with Crippen LogP contribution in [0.1, 0.15) is 23.2 Å². The van der Waals surface area contributed by atoms with Gasteiger partial charge in [-0.25, -0.2) is 14.6 Å². The number of aliphatic carboxylic acids is 1. The zero-order chi connectivity index (χ0) is 13.8. The topological polar surface area (TPSA) is 89.6 Å². The molecule has 98 valence electrons. The van der Waals surface area contributed by atoms with Crippen LogP contribution in [-0.2, 0) is 9.53 Å². The van der Waals surface area contributed by atoms with E-state index in [0.29, 0.717) is 16.7 Å². The van der Waals surface area contributed by atoms with Gasteiger partial charge >= 0.3 is 17.8 Å². The van der Waals surface area contributed by atoms with Gasteiger partial charge in [-0.2, -0.15) is 0 Å². The Bertz CT molecular complexity index is 656. The Hall–Kier alpha value is -2.63. The molecular weight excluding hydrogens is 250 g/mol. The number of aromatic nitrogens is 1. The number of oxazole rings is 1. The minimum atomic E-state index is -1.06. The SMILES string of the molecule is CCOC(=O)c1nc2c(/C=C/C(=O)O)cccc2o1. The number of nitrogens with zero attached hydrogens (tertiary/aromatic N) is 1. The summed E-state index contributed by atoms with van der Waals surface area (Å²) in [7, 11) is 0. The van der Waals surface area contributed by atoms with E-state index in [9.17, 15) is 9.59 Å². The van der Waals surface area contributed by atoms with E-state index in [2.05, 4.69) is 4.98 Å². The van der Waals surface area contributed by atoms with Crippen LogP contribution >= 0.6 is 0 Å². The van der Waals surface area contributed by atoms with Crippen LogP contribution in [0.2, 0.25) is 0 Å². The number of rotatable bonds is 4. The number of carbonyl (C=O) groups excluding carboxylic acids is 1. The Balaban J connectivity index is 2.44. The molecule has 0 bridgehead atoms. The maximum absolute atomic E-state index is 11.5. The molecule has 1 aromatic carbocycles. The first-order valence-electron chi connectivity index (χ1n) is 5.59. The fourth-order valence-electron chi connectivity index (χ4n) is 1.55. The first kappa shape index (κ1) is 12.8. The molecule has 0 radical (unpaired) electrons. The zero-order valence-electron chi connectivity index (χ0n) is 10.1. The maximum atomic E-state index is 11.5. The van der Waals surface area contributed by atoms with Crippen molar-refractivity contribution in [1.29, 1.82) is 0 Å². The Morgan fingerprint density at radius 3 is 2.95 bits per heavy atom. The molecule has 1 aromatic heterocycles. The third kappa shape index (κ3) is 2.79. The maximum Gasteiger partial charge on any atom is 0.394 e. The smallest absolute Gasteiger partial charge is 0.394 e. The number of esters is 1. The number of fused-ring (bicyclic) bond motifs is 1. The summed E-state index contributed by atoms with van der Waals surface area (Å²) in [6, 6.07) is 5.01. The normalized spacial score (nSPS) is 11.0. The summed E-state index contributed by atoms with van der Waals surface area (Å²) in [4.78, 5) is 26.0. The number of para-hydroxylation sites is 1. The number of benzene rings is 1. The van der Waals surface area contributed by atoms with E-state index in [1.807, 2.05) is 0 Å². The molecule has 0 atom stereocenters. The van der Waals surface area contributed by atoms with E-state index >= 15 is 0 Å². The number of ether oxygens (including phenoxy) is 1. The van der Waals surface area contributed by atoms with Crippen molar-refractivity contribution in [3.05, 3.63) is 35.7 Å². The highest BCUT2D eigenvalue weighted by Gasteiger charge is 2.16. The average molecular weight is 261 g/mol. The molecule has 2 aromatic rings. The number of carbonyl (C=O) groups is 2. The van der Waals surface area contributed by atoms with E-state index in [1.54, 1.807) is 25.1 Å². The van der Waals surface area contributed by atoms with Crippen LogP contribution in [0.15, 0.2) is 28.7 Å². The molecule has 0 unspecified atom stereocenters. The molecule has 0 fully saturated rings. The molecule has 1 heterocycles. The third-order valence-corrected chi connectivity index (χ3v) is 2.31. The monoisotopic (exact) mass is 261 g/mol. The molecule has 0 saturated carbocycles. The van der Waals surface area contributed by atoms with Gasteiger partial charge in [-0.1, -0.05) is 12.1 Å². The van der Waals surface area contributed by atoms with E-state index in [1.165, 1.54) is 6.08 Å². The van der Waals surface area contributed by atoms with Crippen LogP contribution in [0.25, 0.3) is 17.2 Å². The van der Waals surface area contributed by atoms with Crippen LogP contribution in [0.3, 0.4) is 0 Å². The van der Waals surface area contributed by atoms with Crippen molar-refractivity contribution >= 4 is 29.1 Å². The summed E-state index contributed by atoms with van der Waals surface area (Å²) in [5.41, 5.74) is 1.37. The summed E-state index contributed by atoms with van der Waals surface area (Å²) >= 11 is 0. The molecule has 0 saturated heterocycles. The molecule has 19 heavy (non-hydrogen) atoms. The van der Waals surface area contributed by atoms with Crippen molar-refractivity contribution in [3.63, 3.8) is 0 Å². The van der Waals surface area contributed by atoms with Gasteiger partial charge in [0.1, 0.15) is 5.52 Å². The lowest BCUT2D eigenvalue weighted by molar-refractivity contribution is -0.131. The van der Waals surface area contributed by atoms with Crippen LogP contribution in [0.4, 0.5) is 0 Å². The fourth-order valence-corrected chi connectivity index (χ4v) is 1.55. The quantitative estimate of drug-likeness (QED) is 0.669. The first-order valence-corrected chi connectivity index (χ1v) is 5.59. The zero-order valence-corrected chi connectivity index (χ0v) is 10.1. The largest absolute Gasteiger partial charge is 0.478 e. The standard InChI is InChI=1S/C13H11NO5/c1-2-18-13(17)12-14-11-8(6-7-10(15)16)4-3-5-9(11)19-12/h3-7H,2H2,1H3,(H,15,16)/b7-6+. The van der Waals surface area contributed by atoms with E-state index in [4.69, 9.17) is 14.3 Å². The van der Waals surface area contributed by atoms with Gasteiger partial charge in [0.25, 0.3) is 0 Å². The summed E-state index contributed by atoms with van der Waals surface area (Å²) in [5.74, 6) is -1.86. The molecular formula is C13H11NO5. The van der Waals surface area contributed by atoms with Crippen molar-refractivity contribution in [2.75, 3.05) is 6.61 Å². The Morgan fingerprint density at radius 2 is 2.26 bits per heavy atom. The molecule has 1 N–H and O–H groups in total. The molecule has 0 aliphatic carbocycles. The molecule has 6 nitrogen and oxygen atoms in total. The van der Waals surface area contributed by atoms with Crippen molar-refractivity contribution < 1.29 is 23.8 Å². The summed E-state index contributed by atoms with van der Waals surface area (Å²) in [6.07, 6.45) is 2.38. The average Bonchev–Trinajstić information content (AvgIpc) is 2.80. The highest BCUT2D eigenvalue weighted by molar-refractivity contribution is 5.93. The first-order chi connectivity index (χ1) is 9.11. The summed E-state index contributed by atoms with van der Waals surface area (Å²) < 4.78 is 10.1. The Kier molecular flexibility index (Phi) is 3.61. The van der Waals surface area contributed by atoms with Crippen molar-refractivity contribution in [2.24, 2.45) is 0 Å². The third-order valence-electron chi connectivity index (χ3n) is 2.31. The van der Waals surface area contributed by atoms with E-state index in [0.717, 1.165) is 6.08 Å². The lowest BCUT2D eigenvalue weighted by atomic mass is 10.2. The van der Waals surface area contributed by atoms with Crippen molar-refractivity contribution in [2.45, 2.75) is 6.92 Å². The number of hydrogen-bond donors (Lipinski definition) is 1. The van der Waals surface area contributed by atoms with Gasteiger partial charge in [-0.15, -0.1) is 0 Å². The molecule has 0 amide bonds. The Labute approximate surface area is 108 Å². The second kappa shape index (κ2) is 5.34. The van der Waals surface area contributed by atoms with Gasteiger partial charge in [0, 0.05) is 11.6 Å². The Morgan fingerprint density at radius 1 is 1.47 bits per heavy atom. The molecule has 2 rings (SSSR count). The highest BCUT2D eigenvalue weighted by Crippen LogP contribution is 2.21. The van der Waals surface area contributed by atoms with Crippen molar-refractivity contribution in [3.8, 4) is 0 Å². The van der Waals surface area contributed by atoms with Gasteiger partial charge in [-0.3, -0.25) is 0 Å². The number of carboxylic acids is 1. The predicted molar refractivity (Wildman–Crippen MR) is 66.6 cm³/mol. The van der Waals surface area contributed by atoms with Crippen LogP contribution in [-0.4, -0.2) is 28.6 Å². The van der Waals surface area contributed by atoms with E-state index < -0.39 is 11.9 Å².